The Morgan fingerprint density at radius 1 is 1.22 bits per heavy atom. The van der Waals surface area contributed by atoms with Gasteiger partial charge in [0, 0.05) is 51.4 Å². The largest absolute Gasteiger partial charge is 0.0654 e. The smallest absolute Gasteiger partial charge is 0 e. The third kappa shape index (κ3) is 9.64. The Labute approximate surface area is 102 Å². The van der Waals surface area contributed by atoms with Gasteiger partial charge in [0.15, 0.2) is 0 Å². The number of hydrogen-bond donors (Lipinski definition) is 0. The first-order valence-corrected chi connectivity index (χ1v) is 3.81. The van der Waals surface area contributed by atoms with Crippen LogP contribution in [-0.4, -0.2) is 51.4 Å². The van der Waals surface area contributed by atoms with Gasteiger partial charge < -0.3 is 0 Å². The molecule has 1 radical (unpaired) electrons. The zero-order valence-corrected chi connectivity index (χ0v) is 10.5. The molecule has 0 bridgehead atoms. The van der Waals surface area contributed by atoms with Crippen LogP contribution in [0.5, 0.6) is 0 Å². The molecule has 1 heteroatoms. The molecule has 0 N–H and O–H groups in total. The maximum absolute atomic E-state index is 2.33. The van der Waals surface area contributed by atoms with Crippen molar-refractivity contribution < 1.29 is 0 Å². The molecule has 0 aromatic rings. The van der Waals surface area contributed by atoms with Gasteiger partial charge in [0.25, 0.3) is 0 Å². The minimum Gasteiger partial charge on any atom is -0.0654 e. The number of hydrogen-bond acceptors (Lipinski definition) is 0. The first-order chi connectivity index (χ1) is 3.81. The zero-order valence-electron chi connectivity index (χ0n) is 7.41. The van der Waals surface area contributed by atoms with E-state index in [9.17, 15) is 0 Å². The molecule has 0 saturated carbocycles. The zero-order chi connectivity index (χ0) is 6.41. The Morgan fingerprint density at radius 2 is 1.78 bits per heavy atom. The van der Waals surface area contributed by atoms with E-state index in [0.29, 0.717) is 0 Å². The molecule has 0 saturated heterocycles. The van der Waals surface area contributed by atoms with Crippen LogP contribution in [0, 0.1) is 5.92 Å². The average molecular weight is 153 g/mol. The molecule has 51 valence electrons. The van der Waals surface area contributed by atoms with Crippen molar-refractivity contribution in [2.45, 2.75) is 46.5 Å². The van der Waals surface area contributed by atoms with E-state index < -0.39 is 0 Å². The Bertz CT molecular complexity index is 43.8. The number of rotatable bonds is 4. The SMILES string of the molecule is CCCCC(C)CC.[K]. The second-order valence-electron chi connectivity index (χ2n) is 2.66. The molecule has 0 nitrogen and oxygen atoms in total. The second kappa shape index (κ2) is 9.64. The standard InChI is InChI=1S/C8H18.K/c1-4-6-7-8(3)5-2;/h8H,4-7H2,1-3H3;. The molecule has 0 heterocycles. The van der Waals surface area contributed by atoms with Crippen molar-refractivity contribution in [1.82, 2.24) is 0 Å². The van der Waals surface area contributed by atoms with E-state index in [1.165, 1.54) is 25.7 Å². The first-order valence-electron chi connectivity index (χ1n) is 3.81. The normalized spacial score (nSPS) is 12.3. The molecule has 0 spiro atoms. The van der Waals surface area contributed by atoms with Gasteiger partial charge in [-0.2, -0.15) is 0 Å². The van der Waals surface area contributed by atoms with E-state index in [2.05, 4.69) is 20.8 Å². The van der Waals surface area contributed by atoms with Crippen molar-refractivity contribution in [3.8, 4) is 0 Å². The molecule has 1 atom stereocenters. The summed E-state index contributed by atoms with van der Waals surface area (Å²) in [4.78, 5) is 0. The van der Waals surface area contributed by atoms with E-state index in [4.69, 9.17) is 0 Å². The molecule has 0 aliphatic carbocycles. The van der Waals surface area contributed by atoms with Gasteiger partial charge in [0.1, 0.15) is 0 Å². The molecule has 0 aromatic carbocycles. The van der Waals surface area contributed by atoms with Crippen LogP contribution in [0.4, 0.5) is 0 Å². The quantitative estimate of drug-likeness (QED) is 0.545. The van der Waals surface area contributed by atoms with Crippen LogP contribution < -0.4 is 0 Å². The molecule has 0 aliphatic rings. The second-order valence-corrected chi connectivity index (χ2v) is 2.66. The molecule has 9 heavy (non-hydrogen) atoms. The van der Waals surface area contributed by atoms with Crippen molar-refractivity contribution in [2.24, 2.45) is 5.92 Å². The Kier molecular flexibility index (Phi) is 14.2. The van der Waals surface area contributed by atoms with Crippen LogP contribution >= 0.6 is 0 Å². The summed E-state index contributed by atoms with van der Waals surface area (Å²) in [5.41, 5.74) is 0. The molecule has 0 rings (SSSR count). The van der Waals surface area contributed by atoms with Crippen molar-refractivity contribution in [3.63, 3.8) is 0 Å². The molecule has 1 unspecified atom stereocenters. The van der Waals surface area contributed by atoms with Crippen LogP contribution in [0.25, 0.3) is 0 Å². The summed E-state index contributed by atoms with van der Waals surface area (Å²) in [6.07, 6.45) is 5.53. The van der Waals surface area contributed by atoms with Crippen LogP contribution in [0.1, 0.15) is 46.5 Å². The summed E-state index contributed by atoms with van der Waals surface area (Å²) >= 11 is 0. The van der Waals surface area contributed by atoms with Crippen LogP contribution in [0.3, 0.4) is 0 Å². The fraction of sp³-hybridized carbons (Fsp3) is 1.00. The van der Waals surface area contributed by atoms with Gasteiger partial charge in [-0.15, -0.1) is 0 Å². The summed E-state index contributed by atoms with van der Waals surface area (Å²) < 4.78 is 0. The molecule has 0 aliphatic heterocycles. The number of unbranched alkanes of at least 4 members (excludes halogenated alkanes) is 1. The van der Waals surface area contributed by atoms with Gasteiger partial charge in [0.05, 0.1) is 0 Å². The minimum atomic E-state index is 0. The van der Waals surface area contributed by atoms with Gasteiger partial charge in [0.2, 0.25) is 0 Å². The molecule has 0 fully saturated rings. The molecular weight excluding hydrogens is 135 g/mol. The molecular formula is C8H18K. The van der Waals surface area contributed by atoms with Crippen molar-refractivity contribution in [1.29, 1.82) is 0 Å². The fourth-order valence-electron chi connectivity index (χ4n) is 0.757. The van der Waals surface area contributed by atoms with Gasteiger partial charge in [-0.1, -0.05) is 46.5 Å². The Hall–Kier alpha value is 1.64. The predicted octanol–water partition coefficient (Wildman–Crippen LogP) is 2.84. The summed E-state index contributed by atoms with van der Waals surface area (Å²) in [7, 11) is 0. The van der Waals surface area contributed by atoms with Gasteiger partial charge in [-0.05, 0) is 5.92 Å². The van der Waals surface area contributed by atoms with Gasteiger partial charge >= 0.3 is 0 Å². The van der Waals surface area contributed by atoms with Crippen molar-refractivity contribution in [2.75, 3.05) is 0 Å². The maximum atomic E-state index is 2.33. The van der Waals surface area contributed by atoms with Crippen LogP contribution in [0.15, 0.2) is 0 Å². The van der Waals surface area contributed by atoms with E-state index in [1.807, 2.05) is 0 Å². The Balaban J connectivity index is 0. The van der Waals surface area contributed by atoms with E-state index >= 15 is 0 Å². The molecule has 0 amide bonds. The summed E-state index contributed by atoms with van der Waals surface area (Å²) in [5, 5.41) is 0. The predicted molar refractivity (Wildman–Crippen MR) is 44.7 cm³/mol. The summed E-state index contributed by atoms with van der Waals surface area (Å²) in [6.45, 7) is 6.85. The van der Waals surface area contributed by atoms with Crippen LogP contribution in [0.2, 0.25) is 0 Å². The van der Waals surface area contributed by atoms with Gasteiger partial charge in [-0.3, -0.25) is 0 Å². The monoisotopic (exact) mass is 153 g/mol. The summed E-state index contributed by atoms with van der Waals surface area (Å²) in [5.74, 6) is 0.954. The third-order valence-corrected chi connectivity index (χ3v) is 1.75. The average Bonchev–Trinajstić information content (AvgIpc) is 1.83. The summed E-state index contributed by atoms with van der Waals surface area (Å²) in [6, 6.07) is 0. The first kappa shape index (κ1) is 13.2. The van der Waals surface area contributed by atoms with Gasteiger partial charge in [-0.25, -0.2) is 0 Å². The van der Waals surface area contributed by atoms with E-state index in [-0.39, 0.29) is 51.4 Å². The maximum Gasteiger partial charge on any atom is 0 e. The van der Waals surface area contributed by atoms with E-state index in [0.717, 1.165) is 5.92 Å². The minimum absolute atomic E-state index is 0. The van der Waals surface area contributed by atoms with Crippen molar-refractivity contribution in [3.05, 3.63) is 0 Å². The molecule has 0 aromatic heterocycles. The van der Waals surface area contributed by atoms with Crippen molar-refractivity contribution >= 4 is 51.4 Å². The topological polar surface area (TPSA) is 0 Å². The Morgan fingerprint density at radius 3 is 2.11 bits per heavy atom. The third-order valence-electron chi connectivity index (χ3n) is 1.75. The van der Waals surface area contributed by atoms with E-state index in [1.54, 1.807) is 0 Å². The fourth-order valence-corrected chi connectivity index (χ4v) is 0.757. The van der Waals surface area contributed by atoms with Crippen LogP contribution in [-0.2, 0) is 0 Å².